The zero-order valence-corrected chi connectivity index (χ0v) is 16.2. The van der Waals surface area contributed by atoms with Crippen molar-refractivity contribution in [2.24, 2.45) is 0 Å². The number of aliphatic hydroxyl groups excluding tert-OH is 1. The Bertz CT molecular complexity index is 1170. The highest BCUT2D eigenvalue weighted by Gasteiger charge is 2.45. The zero-order chi connectivity index (χ0) is 20.7. The zero-order valence-electron chi connectivity index (χ0n) is 15.5. The predicted octanol–water partition coefficient (Wildman–Crippen LogP) is 5.21. The van der Waals surface area contributed by atoms with Crippen molar-refractivity contribution in [3.8, 4) is 0 Å². The number of halogens is 2. The summed E-state index contributed by atoms with van der Waals surface area (Å²) >= 11 is 5.98. The Balaban J connectivity index is 1.84. The first-order chi connectivity index (χ1) is 13.9. The van der Waals surface area contributed by atoms with Crippen LogP contribution in [0.2, 0.25) is 5.02 Å². The van der Waals surface area contributed by atoms with Gasteiger partial charge < -0.3 is 14.4 Å². The van der Waals surface area contributed by atoms with Gasteiger partial charge in [-0.25, -0.2) is 4.39 Å². The molecule has 2 aromatic carbocycles. The van der Waals surface area contributed by atoms with E-state index in [0.29, 0.717) is 22.4 Å². The molecule has 0 saturated carbocycles. The molecule has 1 unspecified atom stereocenters. The summed E-state index contributed by atoms with van der Waals surface area (Å²) in [5.74, 6) is -2.69. The molecule has 1 aliphatic heterocycles. The number of fused-ring (bicyclic) bond motifs is 1. The van der Waals surface area contributed by atoms with E-state index in [2.05, 4.69) is 0 Å². The second kappa shape index (κ2) is 7.37. The third-order valence-corrected chi connectivity index (χ3v) is 5.15. The molecule has 4 rings (SSSR count). The molecule has 1 N–H and O–H groups in total. The highest BCUT2D eigenvalue weighted by atomic mass is 35.5. The molecule has 3 aromatic rings. The van der Waals surface area contributed by atoms with Gasteiger partial charge in [0.05, 0.1) is 11.6 Å². The van der Waals surface area contributed by atoms with Crippen molar-refractivity contribution in [3.05, 3.63) is 82.0 Å². The average molecular weight is 414 g/mol. The molecule has 1 amide bonds. The fourth-order valence-electron chi connectivity index (χ4n) is 3.64. The Kier molecular flexibility index (Phi) is 4.88. The minimum Gasteiger partial charge on any atom is -0.503 e. The Morgan fingerprint density at radius 3 is 2.72 bits per heavy atom. The van der Waals surface area contributed by atoms with Gasteiger partial charge in [-0.3, -0.25) is 9.59 Å². The first-order valence-corrected chi connectivity index (χ1v) is 9.52. The van der Waals surface area contributed by atoms with E-state index < -0.39 is 29.3 Å². The standard InChI is InChI=1S/C22H17ClFNO4/c1-2-9-25-19(14-5-3-4-6-15(14)24)18(21(27)22(25)28)20(26)17-11-12-10-13(23)7-8-16(12)29-17/h3-8,10-11,19,27H,2,9H2,1H3. The minimum absolute atomic E-state index is 0.0590. The van der Waals surface area contributed by atoms with Crippen molar-refractivity contribution in [2.45, 2.75) is 19.4 Å². The first kappa shape index (κ1) is 19.2. The average Bonchev–Trinajstić information content (AvgIpc) is 3.22. The number of aliphatic hydroxyl groups is 1. The SMILES string of the molecule is CCCN1C(=O)C(O)=C(C(=O)c2cc3cc(Cl)ccc3o2)C1c1ccccc1F. The van der Waals surface area contributed by atoms with Gasteiger partial charge in [0.1, 0.15) is 11.4 Å². The molecule has 0 fully saturated rings. The molecule has 1 aliphatic rings. The minimum atomic E-state index is -1.03. The van der Waals surface area contributed by atoms with Crippen molar-refractivity contribution in [1.82, 2.24) is 4.90 Å². The van der Waals surface area contributed by atoms with Crippen LogP contribution in [0, 0.1) is 5.82 Å². The molecule has 1 aromatic heterocycles. The molecular weight excluding hydrogens is 397 g/mol. The first-order valence-electron chi connectivity index (χ1n) is 9.14. The van der Waals surface area contributed by atoms with Gasteiger partial charge in [0.2, 0.25) is 5.78 Å². The van der Waals surface area contributed by atoms with Crippen LogP contribution in [0.4, 0.5) is 4.39 Å². The lowest BCUT2D eigenvalue weighted by Gasteiger charge is -2.26. The maximum Gasteiger partial charge on any atom is 0.290 e. The van der Waals surface area contributed by atoms with E-state index in [1.807, 2.05) is 6.92 Å². The number of rotatable bonds is 5. The molecule has 2 heterocycles. The lowest BCUT2D eigenvalue weighted by Crippen LogP contribution is -2.32. The van der Waals surface area contributed by atoms with Gasteiger partial charge in [0, 0.05) is 22.5 Å². The Morgan fingerprint density at radius 2 is 2.00 bits per heavy atom. The number of ketones is 1. The number of furan rings is 1. The second-order valence-electron chi connectivity index (χ2n) is 6.81. The molecule has 0 radical (unpaired) electrons. The number of carbonyl (C=O) groups is 2. The maximum atomic E-state index is 14.6. The number of nitrogens with zero attached hydrogens (tertiary/aromatic N) is 1. The summed E-state index contributed by atoms with van der Waals surface area (Å²) < 4.78 is 20.2. The Labute approximate surface area is 171 Å². The maximum absolute atomic E-state index is 14.6. The number of carbonyl (C=O) groups excluding carboxylic acids is 2. The van der Waals surface area contributed by atoms with Crippen molar-refractivity contribution >= 4 is 34.3 Å². The number of hydrogen-bond donors (Lipinski definition) is 1. The summed E-state index contributed by atoms with van der Waals surface area (Å²) in [6, 6.07) is 11.3. The van der Waals surface area contributed by atoms with Crippen LogP contribution >= 0.6 is 11.6 Å². The smallest absolute Gasteiger partial charge is 0.290 e. The van der Waals surface area contributed by atoms with Crippen molar-refractivity contribution in [2.75, 3.05) is 6.54 Å². The fourth-order valence-corrected chi connectivity index (χ4v) is 3.82. The van der Waals surface area contributed by atoms with E-state index >= 15 is 0 Å². The van der Waals surface area contributed by atoms with Gasteiger partial charge in [-0.15, -0.1) is 0 Å². The normalized spacial score (nSPS) is 16.9. The number of Topliss-reactive ketones (excluding diaryl/α,β-unsaturated/α-hetero) is 1. The fraction of sp³-hybridized carbons (Fsp3) is 0.182. The Morgan fingerprint density at radius 1 is 1.24 bits per heavy atom. The number of benzene rings is 2. The van der Waals surface area contributed by atoms with Crippen LogP contribution in [0.25, 0.3) is 11.0 Å². The molecule has 148 valence electrons. The monoisotopic (exact) mass is 413 g/mol. The van der Waals surface area contributed by atoms with Crippen LogP contribution in [0.3, 0.4) is 0 Å². The van der Waals surface area contributed by atoms with Gasteiger partial charge in [-0.05, 0) is 36.8 Å². The van der Waals surface area contributed by atoms with Crippen LogP contribution in [0.1, 0.15) is 35.5 Å². The van der Waals surface area contributed by atoms with E-state index in [9.17, 15) is 19.1 Å². The highest BCUT2D eigenvalue weighted by Crippen LogP contribution is 2.40. The molecule has 0 bridgehead atoms. The number of amides is 1. The third kappa shape index (κ3) is 3.19. The molecule has 1 atom stereocenters. The number of hydrogen-bond acceptors (Lipinski definition) is 4. The molecule has 0 saturated heterocycles. The second-order valence-corrected chi connectivity index (χ2v) is 7.24. The van der Waals surface area contributed by atoms with E-state index in [4.69, 9.17) is 16.0 Å². The molecule has 0 aliphatic carbocycles. The lowest BCUT2D eigenvalue weighted by molar-refractivity contribution is -0.129. The largest absolute Gasteiger partial charge is 0.503 e. The quantitative estimate of drug-likeness (QED) is 0.582. The van der Waals surface area contributed by atoms with Gasteiger partial charge in [-0.1, -0.05) is 36.7 Å². The van der Waals surface area contributed by atoms with Crippen LogP contribution in [0.5, 0.6) is 0 Å². The van der Waals surface area contributed by atoms with Crippen LogP contribution in [-0.2, 0) is 4.79 Å². The third-order valence-electron chi connectivity index (χ3n) is 4.91. The van der Waals surface area contributed by atoms with Crippen molar-refractivity contribution < 1.29 is 23.5 Å². The molecular formula is C22H17ClFNO4. The topological polar surface area (TPSA) is 70.8 Å². The van der Waals surface area contributed by atoms with Crippen LogP contribution in [0.15, 0.2) is 64.3 Å². The summed E-state index contributed by atoms with van der Waals surface area (Å²) in [4.78, 5) is 27.2. The van der Waals surface area contributed by atoms with Gasteiger partial charge in [-0.2, -0.15) is 0 Å². The summed E-state index contributed by atoms with van der Waals surface area (Å²) in [6.07, 6.45) is 0.578. The van der Waals surface area contributed by atoms with Crippen LogP contribution < -0.4 is 0 Å². The van der Waals surface area contributed by atoms with Crippen molar-refractivity contribution in [3.63, 3.8) is 0 Å². The molecule has 29 heavy (non-hydrogen) atoms. The van der Waals surface area contributed by atoms with Crippen LogP contribution in [-0.4, -0.2) is 28.2 Å². The van der Waals surface area contributed by atoms with E-state index in [1.54, 1.807) is 24.3 Å². The predicted molar refractivity (Wildman–Crippen MR) is 106 cm³/mol. The molecule has 0 spiro atoms. The van der Waals surface area contributed by atoms with E-state index in [0.717, 1.165) is 0 Å². The van der Waals surface area contributed by atoms with Gasteiger partial charge in [0.25, 0.3) is 5.91 Å². The Hall–Kier alpha value is -3.12. The summed E-state index contributed by atoms with van der Waals surface area (Å²) in [6.45, 7) is 2.11. The summed E-state index contributed by atoms with van der Waals surface area (Å²) in [5, 5.41) is 11.6. The lowest BCUT2D eigenvalue weighted by atomic mass is 9.94. The van der Waals surface area contributed by atoms with E-state index in [1.165, 1.54) is 29.2 Å². The van der Waals surface area contributed by atoms with Gasteiger partial charge >= 0.3 is 0 Å². The van der Waals surface area contributed by atoms with Gasteiger partial charge in [0.15, 0.2) is 11.5 Å². The highest BCUT2D eigenvalue weighted by molar-refractivity contribution is 6.31. The summed E-state index contributed by atoms with van der Waals surface area (Å²) in [5.41, 5.74) is 0.384. The summed E-state index contributed by atoms with van der Waals surface area (Å²) in [7, 11) is 0. The van der Waals surface area contributed by atoms with Crippen molar-refractivity contribution in [1.29, 1.82) is 0 Å². The molecule has 5 nitrogen and oxygen atoms in total. The van der Waals surface area contributed by atoms with E-state index in [-0.39, 0.29) is 23.4 Å². The molecule has 7 heteroatoms.